The highest BCUT2D eigenvalue weighted by Crippen LogP contribution is 2.21. The van der Waals surface area contributed by atoms with E-state index in [2.05, 4.69) is 29.1 Å². The Bertz CT molecular complexity index is 580. The maximum Gasteiger partial charge on any atom is 0.165 e. The van der Waals surface area contributed by atoms with Crippen LogP contribution in [0.1, 0.15) is 36.9 Å². The summed E-state index contributed by atoms with van der Waals surface area (Å²) in [6.45, 7) is 2.84. The highest BCUT2D eigenvalue weighted by molar-refractivity contribution is 5.29. The van der Waals surface area contributed by atoms with E-state index >= 15 is 0 Å². The van der Waals surface area contributed by atoms with Crippen molar-refractivity contribution in [3.63, 3.8) is 0 Å². The quantitative estimate of drug-likeness (QED) is 0.840. The molecule has 3 nitrogen and oxygen atoms in total. The van der Waals surface area contributed by atoms with E-state index in [0.29, 0.717) is 12.6 Å². The number of nitrogens with one attached hydrogen (secondary N) is 1. The Labute approximate surface area is 125 Å². The monoisotopic (exact) mass is 290 g/mol. The van der Waals surface area contributed by atoms with Gasteiger partial charge >= 0.3 is 0 Å². The molecular formula is C17H23FN2O. The van der Waals surface area contributed by atoms with Crippen LogP contribution in [-0.2, 0) is 6.54 Å². The SMILES string of the molecule is CCCC(NC)c1ccn(Cc2ccc(OC)c(F)c2)c1. The van der Waals surface area contributed by atoms with Crippen LogP contribution in [0.15, 0.2) is 36.7 Å². The van der Waals surface area contributed by atoms with Crippen LogP contribution in [-0.4, -0.2) is 18.7 Å². The van der Waals surface area contributed by atoms with Crippen molar-refractivity contribution in [2.45, 2.75) is 32.4 Å². The summed E-state index contributed by atoms with van der Waals surface area (Å²) in [4.78, 5) is 0. The molecule has 2 aromatic rings. The molecule has 2 rings (SSSR count). The molecule has 0 saturated heterocycles. The number of hydrogen-bond donors (Lipinski definition) is 1. The minimum absolute atomic E-state index is 0.283. The van der Waals surface area contributed by atoms with Crippen LogP contribution in [0.25, 0.3) is 0 Å². The zero-order chi connectivity index (χ0) is 15.2. The van der Waals surface area contributed by atoms with Gasteiger partial charge < -0.3 is 14.6 Å². The van der Waals surface area contributed by atoms with Gasteiger partial charge in [0.25, 0.3) is 0 Å². The van der Waals surface area contributed by atoms with E-state index in [1.54, 1.807) is 6.07 Å². The van der Waals surface area contributed by atoms with Gasteiger partial charge in [-0.1, -0.05) is 19.4 Å². The number of rotatable bonds is 7. The highest BCUT2D eigenvalue weighted by Gasteiger charge is 2.10. The van der Waals surface area contributed by atoms with Gasteiger partial charge in [0.2, 0.25) is 0 Å². The summed E-state index contributed by atoms with van der Waals surface area (Å²) >= 11 is 0. The molecule has 0 bridgehead atoms. The fourth-order valence-electron chi connectivity index (χ4n) is 2.55. The first-order chi connectivity index (χ1) is 10.2. The zero-order valence-electron chi connectivity index (χ0n) is 12.9. The summed E-state index contributed by atoms with van der Waals surface area (Å²) in [5, 5.41) is 3.33. The van der Waals surface area contributed by atoms with Crippen molar-refractivity contribution in [2.24, 2.45) is 0 Å². The Morgan fingerprint density at radius 3 is 2.76 bits per heavy atom. The number of nitrogens with zero attached hydrogens (tertiary/aromatic N) is 1. The van der Waals surface area contributed by atoms with E-state index in [1.807, 2.05) is 19.3 Å². The Kier molecular flexibility index (Phi) is 5.39. The van der Waals surface area contributed by atoms with Crippen LogP contribution in [0.4, 0.5) is 4.39 Å². The molecule has 1 atom stereocenters. The second-order valence-electron chi connectivity index (χ2n) is 5.22. The van der Waals surface area contributed by atoms with Gasteiger partial charge in [-0.15, -0.1) is 0 Å². The van der Waals surface area contributed by atoms with Crippen molar-refractivity contribution < 1.29 is 9.13 Å². The molecule has 0 aliphatic rings. The van der Waals surface area contributed by atoms with E-state index in [4.69, 9.17) is 4.74 Å². The van der Waals surface area contributed by atoms with E-state index in [-0.39, 0.29) is 11.6 Å². The van der Waals surface area contributed by atoms with Gasteiger partial charge in [-0.25, -0.2) is 4.39 Å². The van der Waals surface area contributed by atoms with Crippen molar-refractivity contribution in [3.05, 3.63) is 53.6 Å². The average molecular weight is 290 g/mol. The molecule has 114 valence electrons. The van der Waals surface area contributed by atoms with Crippen molar-refractivity contribution in [1.82, 2.24) is 9.88 Å². The molecule has 1 aromatic carbocycles. The van der Waals surface area contributed by atoms with Crippen LogP contribution in [0.3, 0.4) is 0 Å². The molecule has 0 fully saturated rings. The van der Waals surface area contributed by atoms with E-state index < -0.39 is 0 Å². The molecular weight excluding hydrogens is 267 g/mol. The molecule has 1 unspecified atom stereocenters. The lowest BCUT2D eigenvalue weighted by Crippen LogP contribution is -2.15. The van der Waals surface area contributed by atoms with Crippen molar-refractivity contribution in [2.75, 3.05) is 14.2 Å². The Hall–Kier alpha value is -1.81. The number of benzene rings is 1. The Balaban J connectivity index is 2.10. The fraction of sp³-hybridized carbons (Fsp3) is 0.412. The lowest BCUT2D eigenvalue weighted by molar-refractivity contribution is 0.386. The largest absolute Gasteiger partial charge is 0.494 e. The smallest absolute Gasteiger partial charge is 0.165 e. The minimum atomic E-state index is -0.318. The minimum Gasteiger partial charge on any atom is -0.494 e. The summed E-state index contributed by atoms with van der Waals surface area (Å²) in [5.41, 5.74) is 2.19. The fourth-order valence-corrected chi connectivity index (χ4v) is 2.55. The van der Waals surface area contributed by atoms with Crippen LogP contribution in [0.5, 0.6) is 5.75 Å². The first-order valence-corrected chi connectivity index (χ1v) is 7.33. The first kappa shape index (κ1) is 15.6. The maximum absolute atomic E-state index is 13.7. The lowest BCUT2D eigenvalue weighted by atomic mass is 10.1. The first-order valence-electron chi connectivity index (χ1n) is 7.33. The van der Waals surface area contributed by atoms with Crippen molar-refractivity contribution in [1.29, 1.82) is 0 Å². The molecule has 0 amide bonds. The van der Waals surface area contributed by atoms with E-state index in [1.165, 1.54) is 18.7 Å². The van der Waals surface area contributed by atoms with Gasteiger partial charge in [0.1, 0.15) is 0 Å². The summed E-state index contributed by atoms with van der Waals surface area (Å²) in [6, 6.07) is 7.59. The molecule has 0 spiro atoms. The Morgan fingerprint density at radius 1 is 1.33 bits per heavy atom. The standard InChI is InChI=1S/C17H23FN2O/c1-4-5-16(19-2)14-8-9-20(12-14)11-13-6-7-17(21-3)15(18)10-13/h6-10,12,16,19H,4-5,11H2,1-3H3. The van der Waals surface area contributed by atoms with Crippen LogP contribution < -0.4 is 10.1 Å². The lowest BCUT2D eigenvalue weighted by Gasteiger charge is -2.13. The van der Waals surface area contributed by atoms with Gasteiger partial charge in [-0.2, -0.15) is 0 Å². The van der Waals surface area contributed by atoms with Gasteiger partial charge in [0.05, 0.1) is 7.11 Å². The summed E-state index contributed by atoms with van der Waals surface area (Å²) in [5.74, 6) is -0.0356. The topological polar surface area (TPSA) is 26.2 Å². The van der Waals surface area contributed by atoms with Gasteiger partial charge in [-0.3, -0.25) is 0 Å². The molecule has 1 aromatic heterocycles. The number of methoxy groups -OCH3 is 1. The Morgan fingerprint density at radius 2 is 2.14 bits per heavy atom. The van der Waals surface area contributed by atoms with Crippen LogP contribution in [0.2, 0.25) is 0 Å². The second kappa shape index (κ2) is 7.27. The highest BCUT2D eigenvalue weighted by atomic mass is 19.1. The summed E-state index contributed by atoms with van der Waals surface area (Å²) in [7, 11) is 3.46. The number of ether oxygens (including phenoxy) is 1. The summed E-state index contributed by atoms with van der Waals surface area (Å²) in [6.07, 6.45) is 6.41. The molecule has 21 heavy (non-hydrogen) atoms. The average Bonchev–Trinajstić information content (AvgIpc) is 2.93. The molecule has 0 saturated carbocycles. The summed E-state index contributed by atoms with van der Waals surface area (Å²) < 4.78 is 20.7. The molecule has 0 aliphatic carbocycles. The van der Waals surface area contributed by atoms with Crippen molar-refractivity contribution in [3.8, 4) is 5.75 Å². The maximum atomic E-state index is 13.7. The zero-order valence-corrected chi connectivity index (χ0v) is 12.9. The number of halogens is 1. The molecule has 0 radical (unpaired) electrons. The normalized spacial score (nSPS) is 12.4. The predicted molar refractivity (Wildman–Crippen MR) is 83.2 cm³/mol. The molecule has 1 heterocycles. The molecule has 0 aliphatic heterocycles. The van der Waals surface area contributed by atoms with Crippen molar-refractivity contribution >= 4 is 0 Å². The van der Waals surface area contributed by atoms with Gasteiger partial charge in [-0.05, 0) is 42.8 Å². The second-order valence-corrected chi connectivity index (χ2v) is 5.22. The predicted octanol–water partition coefficient (Wildman–Crippen LogP) is 3.74. The van der Waals surface area contributed by atoms with Gasteiger partial charge in [0.15, 0.2) is 11.6 Å². The third-order valence-electron chi connectivity index (χ3n) is 3.68. The van der Waals surface area contributed by atoms with E-state index in [9.17, 15) is 4.39 Å². The number of hydrogen-bond acceptors (Lipinski definition) is 2. The van der Waals surface area contributed by atoms with Crippen LogP contribution in [0, 0.1) is 5.82 Å². The number of aromatic nitrogens is 1. The third kappa shape index (κ3) is 3.85. The molecule has 1 N–H and O–H groups in total. The molecule has 4 heteroatoms. The third-order valence-corrected chi connectivity index (χ3v) is 3.68. The van der Waals surface area contributed by atoms with Gasteiger partial charge in [0, 0.05) is 25.0 Å². The van der Waals surface area contributed by atoms with E-state index in [0.717, 1.165) is 18.4 Å². The van der Waals surface area contributed by atoms with Crippen LogP contribution >= 0.6 is 0 Å².